The normalized spacial score (nSPS) is 9.88. The van der Waals surface area contributed by atoms with E-state index in [1.54, 1.807) is 6.07 Å². The van der Waals surface area contributed by atoms with E-state index in [1.165, 1.54) is 19.2 Å². The van der Waals surface area contributed by atoms with Gasteiger partial charge in [0.05, 0.1) is 12.0 Å². The second-order valence-electron chi connectivity index (χ2n) is 3.12. The summed E-state index contributed by atoms with van der Waals surface area (Å²) in [6.07, 6.45) is 0.583. The van der Waals surface area contributed by atoms with Gasteiger partial charge in [-0.2, -0.15) is 0 Å². The highest BCUT2D eigenvalue weighted by atomic mass is 35.5. The minimum atomic E-state index is -0.552. The van der Waals surface area contributed by atoms with Crippen molar-refractivity contribution >= 4 is 23.3 Å². The van der Waals surface area contributed by atoms with E-state index in [0.29, 0.717) is 12.0 Å². The standard InChI is InChI=1S/C10H10ClNO4/c1-16-10(13)5-3-7-2-4-8(11)9(6-7)12(14)15/h2,4,6H,3,5H2,1H3. The molecule has 0 aliphatic carbocycles. The number of carbonyl (C=O) groups excluding carboxylic acids is 1. The average molecular weight is 244 g/mol. The molecule has 0 fully saturated rings. The molecule has 86 valence electrons. The second-order valence-corrected chi connectivity index (χ2v) is 3.53. The number of hydrogen-bond donors (Lipinski definition) is 0. The Labute approximate surface area is 97.1 Å². The summed E-state index contributed by atoms with van der Waals surface area (Å²) in [5.74, 6) is -0.349. The molecule has 0 heterocycles. The number of esters is 1. The van der Waals surface area contributed by atoms with Crippen LogP contribution < -0.4 is 0 Å². The smallest absolute Gasteiger partial charge is 0.305 e. The van der Waals surface area contributed by atoms with Crippen LogP contribution in [0, 0.1) is 10.1 Å². The van der Waals surface area contributed by atoms with E-state index in [-0.39, 0.29) is 23.1 Å². The minimum absolute atomic E-state index is 0.0896. The van der Waals surface area contributed by atoms with E-state index in [1.807, 2.05) is 0 Å². The van der Waals surface area contributed by atoms with Crippen molar-refractivity contribution in [1.82, 2.24) is 0 Å². The molecule has 1 aromatic rings. The van der Waals surface area contributed by atoms with Crippen LogP contribution in [0.2, 0.25) is 5.02 Å². The lowest BCUT2D eigenvalue weighted by Gasteiger charge is -2.01. The molecule has 0 aliphatic heterocycles. The van der Waals surface area contributed by atoms with Gasteiger partial charge >= 0.3 is 5.97 Å². The van der Waals surface area contributed by atoms with Crippen molar-refractivity contribution in [3.05, 3.63) is 38.9 Å². The molecule has 16 heavy (non-hydrogen) atoms. The zero-order chi connectivity index (χ0) is 12.1. The van der Waals surface area contributed by atoms with Crippen molar-refractivity contribution in [2.24, 2.45) is 0 Å². The van der Waals surface area contributed by atoms with Gasteiger partial charge < -0.3 is 4.74 Å². The molecule has 0 radical (unpaired) electrons. The Morgan fingerprint density at radius 2 is 2.25 bits per heavy atom. The number of carbonyl (C=O) groups is 1. The van der Waals surface area contributed by atoms with Gasteiger partial charge in [0.25, 0.3) is 5.69 Å². The van der Waals surface area contributed by atoms with E-state index < -0.39 is 4.92 Å². The molecule has 0 unspecified atom stereocenters. The summed E-state index contributed by atoms with van der Waals surface area (Å²) >= 11 is 5.65. The molecule has 5 nitrogen and oxygen atoms in total. The monoisotopic (exact) mass is 243 g/mol. The molecular formula is C10H10ClNO4. The summed E-state index contributed by atoms with van der Waals surface area (Å²) in [6, 6.07) is 4.47. The lowest BCUT2D eigenvalue weighted by Crippen LogP contribution is -2.02. The summed E-state index contributed by atoms with van der Waals surface area (Å²) in [5.41, 5.74) is 0.533. The zero-order valence-corrected chi connectivity index (χ0v) is 9.36. The predicted octanol–water partition coefficient (Wildman–Crippen LogP) is 2.35. The summed E-state index contributed by atoms with van der Waals surface area (Å²) in [7, 11) is 1.30. The average Bonchev–Trinajstić information content (AvgIpc) is 2.27. The van der Waals surface area contributed by atoms with Gasteiger partial charge in [-0.05, 0) is 18.1 Å². The SMILES string of the molecule is COC(=O)CCc1ccc(Cl)c([N+](=O)[O-])c1. The quantitative estimate of drug-likeness (QED) is 0.462. The molecule has 0 saturated carbocycles. The third kappa shape index (κ3) is 3.20. The van der Waals surface area contributed by atoms with E-state index in [0.717, 1.165) is 0 Å². The molecule has 0 aliphatic rings. The summed E-state index contributed by atoms with van der Waals surface area (Å²) < 4.78 is 4.47. The van der Waals surface area contributed by atoms with Gasteiger partial charge in [-0.25, -0.2) is 0 Å². The maximum Gasteiger partial charge on any atom is 0.305 e. The van der Waals surface area contributed by atoms with E-state index in [4.69, 9.17) is 11.6 Å². The van der Waals surface area contributed by atoms with Crippen LogP contribution >= 0.6 is 11.6 Å². The highest BCUT2D eigenvalue weighted by Crippen LogP contribution is 2.25. The lowest BCUT2D eigenvalue weighted by molar-refractivity contribution is -0.384. The number of nitrogens with zero attached hydrogens (tertiary/aromatic N) is 1. The van der Waals surface area contributed by atoms with Crippen molar-refractivity contribution in [2.45, 2.75) is 12.8 Å². The van der Waals surface area contributed by atoms with Gasteiger partial charge in [0, 0.05) is 12.5 Å². The Balaban J connectivity index is 2.79. The fourth-order valence-corrected chi connectivity index (χ4v) is 1.39. The van der Waals surface area contributed by atoms with Crippen LogP contribution in [0.5, 0.6) is 0 Å². The number of hydrogen-bond acceptors (Lipinski definition) is 4. The number of nitro benzene ring substituents is 1. The van der Waals surface area contributed by atoms with Crippen LogP contribution in [0.4, 0.5) is 5.69 Å². The fraction of sp³-hybridized carbons (Fsp3) is 0.300. The first-order valence-corrected chi connectivity index (χ1v) is 4.92. The van der Waals surface area contributed by atoms with Gasteiger partial charge in [0.2, 0.25) is 0 Å². The van der Waals surface area contributed by atoms with Crippen molar-refractivity contribution in [3.8, 4) is 0 Å². The maximum atomic E-state index is 10.9. The zero-order valence-electron chi connectivity index (χ0n) is 8.60. The highest BCUT2D eigenvalue weighted by molar-refractivity contribution is 6.32. The first-order valence-electron chi connectivity index (χ1n) is 4.54. The van der Waals surface area contributed by atoms with Crippen LogP contribution in [0.3, 0.4) is 0 Å². The minimum Gasteiger partial charge on any atom is -0.469 e. The first kappa shape index (κ1) is 12.4. The summed E-state index contributed by atoms with van der Waals surface area (Å²) in [6.45, 7) is 0. The molecule has 0 saturated heterocycles. The maximum absolute atomic E-state index is 10.9. The Bertz CT molecular complexity index is 419. The van der Waals surface area contributed by atoms with E-state index in [2.05, 4.69) is 4.74 Å². The molecule has 0 aromatic heterocycles. The third-order valence-electron chi connectivity index (χ3n) is 2.05. The van der Waals surface area contributed by atoms with Crippen molar-refractivity contribution in [3.63, 3.8) is 0 Å². The largest absolute Gasteiger partial charge is 0.469 e. The molecule has 0 N–H and O–H groups in total. The molecule has 0 amide bonds. The molecule has 6 heteroatoms. The topological polar surface area (TPSA) is 69.4 Å². The third-order valence-corrected chi connectivity index (χ3v) is 2.37. The number of halogens is 1. The van der Waals surface area contributed by atoms with Crippen molar-refractivity contribution in [1.29, 1.82) is 0 Å². The van der Waals surface area contributed by atoms with Crippen molar-refractivity contribution in [2.75, 3.05) is 7.11 Å². The lowest BCUT2D eigenvalue weighted by atomic mass is 10.1. The van der Waals surface area contributed by atoms with Crippen LogP contribution in [-0.2, 0) is 16.0 Å². The molecule has 0 bridgehead atoms. The van der Waals surface area contributed by atoms with Gasteiger partial charge in [0.15, 0.2) is 0 Å². The Morgan fingerprint density at radius 1 is 1.56 bits per heavy atom. The predicted molar refractivity (Wildman–Crippen MR) is 58.4 cm³/mol. The van der Waals surface area contributed by atoms with Gasteiger partial charge in [-0.1, -0.05) is 17.7 Å². The summed E-state index contributed by atoms with van der Waals surface area (Å²) in [5, 5.41) is 10.7. The first-order chi connectivity index (χ1) is 7.54. The number of nitro groups is 1. The van der Waals surface area contributed by atoms with E-state index in [9.17, 15) is 14.9 Å². The molecule has 1 aromatic carbocycles. The molecule has 1 rings (SSSR count). The number of rotatable bonds is 4. The Morgan fingerprint density at radius 3 is 2.81 bits per heavy atom. The van der Waals surface area contributed by atoms with Gasteiger partial charge in [0.1, 0.15) is 5.02 Å². The van der Waals surface area contributed by atoms with Crippen LogP contribution in [0.15, 0.2) is 18.2 Å². The number of methoxy groups -OCH3 is 1. The van der Waals surface area contributed by atoms with Crippen LogP contribution in [0.25, 0.3) is 0 Å². The highest BCUT2D eigenvalue weighted by Gasteiger charge is 2.13. The number of benzene rings is 1. The summed E-state index contributed by atoms with van der Waals surface area (Å²) in [4.78, 5) is 20.9. The Hall–Kier alpha value is -1.62. The number of aryl methyl sites for hydroxylation is 1. The van der Waals surface area contributed by atoms with Gasteiger partial charge in [-0.3, -0.25) is 14.9 Å². The van der Waals surface area contributed by atoms with E-state index >= 15 is 0 Å². The second kappa shape index (κ2) is 5.46. The number of ether oxygens (including phenoxy) is 1. The van der Waals surface area contributed by atoms with Crippen LogP contribution in [-0.4, -0.2) is 18.0 Å². The van der Waals surface area contributed by atoms with Crippen LogP contribution in [0.1, 0.15) is 12.0 Å². The fourth-order valence-electron chi connectivity index (χ4n) is 1.20. The van der Waals surface area contributed by atoms with Crippen molar-refractivity contribution < 1.29 is 14.5 Å². The van der Waals surface area contributed by atoms with Gasteiger partial charge in [-0.15, -0.1) is 0 Å². The Kier molecular flexibility index (Phi) is 4.25. The molecule has 0 spiro atoms. The molecule has 0 atom stereocenters. The molecular weight excluding hydrogens is 234 g/mol.